The molecule has 132 valence electrons. The number of phenolic OH excluding ortho intramolecular Hbond substituents is 1. The molecule has 1 atom stereocenters. The van der Waals surface area contributed by atoms with Crippen molar-refractivity contribution >= 4 is 0 Å². The molecule has 1 aromatic rings. The molecule has 23 heavy (non-hydrogen) atoms. The Balaban J connectivity index is 3.44. The van der Waals surface area contributed by atoms with Crippen molar-refractivity contribution in [1.29, 1.82) is 0 Å². The van der Waals surface area contributed by atoms with Crippen LogP contribution in [-0.4, -0.2) is 23.4 Å². The summed E-state index contributed by atoms with van der Waals surface area (Å²) in [5.41, 5.74) is -2.84. The van der Waals surface area contributed by atoms with Crippen LogP contribution < -0.4 is 0 Å². The average molecular weight is 354 g/mol. The second-order valence-corrected chi connectivity index (χ2v) is 5.05. The van der Waals surface area contributed by atoms with Crippen LogP contribution in [0.15, 0.2) is 6.07 Å². The molecule has 1 N–H and O–H groups in total. The molecule has 0 spiro atoms. The lowest BCUT2D eigenvalue weighted by atomic mass is 9.92. The van der Waals surface area contributed by atoms with Crippen LogP contribution in [0.1, 0.15) is 29.5 Å². The minimum absolute atomic E-state index is 0.325. The third-order valence-corrected chi connectivity index (χ3v) is 3.41. The molecule has 1 rings (SSSR count). The van der Waals surface area contributed by atoms with Gasteiger partial charge in [-0.2, -0.15) is 35.1 Å². The van der Waals surface area contributed by atoms with E-state index in [1.807, 2.05) is 0 Å². The van der Waals surface area contributed by atoms with Gasteiger partial charge in [0.25, 0.3) is 0 Å². The predicted molar refractivity (Wildman–Crippen MR) is 62.0 cm³/mol. The normalized spacial score (nSPS) is 14.9. The Hall–Kier alpha value is -1.61. The highest BCUT2D eigenvalue weighted by Crippen LogP contribution is 2.43. The third kappa shape index (κ3) is 3.84. The summed E-state index contributed by atoms with van der Waals surface area (Å²) in [5, 5.41) is 9.41. The fourth-order valence-corrected chi connectivity index (χ4v) is 1.84. The highest BCUT2D eigenvalue weighted by atomic mass is 19.4. The molecule has 1 unspecified atom stereocenters. The molecule has 0 saturated carbocycles. The van der Waals surface area contributed by atoms with Crippen LogP contribution >= 0.6 is 0 Å². The minimum Gasteiger partial charge on any atom is -0.505 e. The monoisotopic (exact) mass is 354 g/mol. The first-order chi connectivity index (χ1) is 10.1. The second kappa shape index (κ2) is 5.79. The van der Waals surface area contributed by atoms with Crippen LogP contribution in [0.25, 0.3) is 0 Å². The van der Waals surface area contributed by atoms with Crippen molar-refractivity contribution in [1.82, 2.24) is 0 Å². The van der Waals surface area contributed by atoms with E-state index >= 15 is 0 Å². The highest BCUT2D eigenvalue weighted by molar-refractivity contribution is 5.45. The minimum atomic E-state index is -5.94. The fraction of sp³-hybridized carbons (Fsp3) is 0.538. The molecule has 0 heterocycles. The molecular formula is C13H11F9O. The molecule has 0 aliphatic rings. The lowest BCUT2D eigenvalue weighted by molar-refractivity contribution is -0.281. The Labute approximate surface area is 124 Å². The fourth-order valence-electron chi connectivity index (χ4n) is 1.84. The number of rotatable bonds is 3. The summed E-state index contributed by atoms with van der Waals surface area (Å²) in [5.74, 6) is -10.8. The van der Waals surface area contributed by atoms with Crippen LogP contribution in [0.3, 0.4) is 0 Å². The number of hydrogen-bond acceptors (Lipinski definition) is 1. The largest absolute Gasteiger partial charge is 0.505 e. The van der Waals surface area contributed by atoms with Crippen molar-refractivity contribution in [2.75, 3.05) is 0 Å². The Morgan fingerprint density at radius 1 is 1.04 bits per heavy atom. The molecule has 0 fully saturated rings. The molecule has 0 aliphatic heterocycles. The quantitative estimate of drug-likeness (QED) is 0.736. The van der Waals surface area contributed by atoms with Gasteiger partial charge in [0.1, 0.15) is 0 Å². The van der Waals surface area contributed by atoms with Crippen LogP contribution in [0.4, 0.5) is 39.5 Å². The maximum absolute atomic E-state index is 13.7. The summed E-state index contributed by atoms with van der Waals surface area (Å²) in [7, 11) is 0. The molecular weight excluding hydrogens is 343 g/mol. The van der Waals surface area contributed by atoms with E-state index in [2.05, 4.69) is 0 Å². The first kappa shape index (κ1) is 19.4. The maximum Gasteiger partial charge on any atom is 0.453 e. The first-order valence-electron chi connectivity index (χ1n) is 6.11. The lowest BCUT2D eigenvalue weighted by Crippen LogP contribution is -2.38. The van der Waals surface area contributed by atoms with Crippen molar-refractivity contribution in [2.45, 2.75) is 44.5 Å². The molecule has 1 aromatic carbocycles. The third-order valence-electron chi connectivity index (χ3n) is 3.41. The zero-order valence-electron chi connectivity index (χ0n) is 11.7. The van der Waals surface area contributed by atoms with Gasteiger partial charge >= 0.3 is 18.3 Å². The van der Waals surface area contributed by atoms with Gasteiger partial charge in [-0.25, -0.2) is 4.39 Å². The molecule has 1 nitrogen and oxygen atoms in total. The van der Waals surface area contributed by atoms with Crippen molar-refractivity contribution in [2.24, 2.45) is 0 Å². The first-order valence-corrected chi connectivity index (χ1v) is 6.11. The molecule has 10 heteroatoms. The van der Waals surface area contributed by atoms with E-state index < -0.39 is 58.9 Å². The van der Waals surface area contributed by atoms with Gasteiger partial charge in [0.2, 0.25) is 0 Å². The van der Waals surface area contributed by atoms with Crippen molar-refractivity contribution in [3.05, 3.63) is 28.6 Å². The molecule has 0 bridgehead atoms. The standard InChI is InChI=1S/C13H11F9O/c1-5-7(4-11(15,16)13(20,21)22)3-8(10(23)9(5)14)6(2)12(17,18)19/h3,6,23H,4H2,1-2H3. The zero-order chi connectivity index (χ0) is 18.4. The number of alkyl halides is 8. The smallest absolute Gasteiger partial charge is 0.453 e. The van der Waals surface area contributed by atoms with Gasteiger partial charge in [0, 0.05) is 12.0 Å². The molecule has 0 aliphatic carbocycles. The van der Waals surface area contributed by atoms with Crippen LogP contribution in [0.5, 0.6) is 5.75 Å². The molecule has 0 saturated heterocycles. The summed E-state index contributed by atoms with van der Waals surface area (Å²) >= 11 is 0. The zero-order valence-corrected chi connectivity index (χ0v) is 11.7. The van der Waals surface area contributed by atoms with E-state index in [0.717, 1.165) is 6.92 Å². The van der Waals surface area contributed by atoms with E-state index in [0.29, 0.717) is 13.0 Å². The second-order valence-electron chi connectivity index (χ2n) is 5.05. The number of halogens is 9. The van der Waals surface area contributed by atoms with E-state index in [4.69, 9.17) is 0 Å². The molecule has 0 amide bonds. The van der Waals surface area contributed by atoms with Gasteiger partial charge in [-0.1, -0.05) is 6.07 Å². The van der Waals surface area contributed by atoms with Gasteiger partial charge in [0.05, 0.1) is 5.92 Å². The van der Waals surface area contributed by atoms with E-state index in [1.54, 1.807) is 0 Å². The average Bonchev–Trinajstić information content (AvgIpc) is 2.36. The summed E-state index contributed by atoms with van der Waals surface area (Å²) in [6, 6.07) is 0.325. The summed E-state index contributed by atoms with van der Waals surface area (Å²) < 4.78 is 114. The van der Waals surface area contributed by atoms with Crippen molar-refractivity contribution in [3.63, 3.8) is 0 Å². The summed E-state index contributed by atoms with van der Waals surface area (Å²) in [6.45, 7) is 1.31. The Kier molecular flexibility index (Phi) is 4.89. The van der Waals surface area contributed by atoms with E-state index in [9.17, 15) is 44.6 Å². The maximum atomic E-state index is 13.7. The summed E-state index contributed by atoms with van der Waals surface area (Å²) in [6.07, 6.45) is -12.9. The Bertz CT molecular complexity index is 587. The van der Waals surface area contributed by atoms with Crippen molar-refractivity contribution < 1.29 is 44.6 Å². The van der Waals surface area contributed by atoms with E-state index in [-0.39, 0.29) is 0 Å². The SMILES string of the molecule is Cc1c(CC(F)(F)C(F)(F)F)cc(C(C)C(F)(F)F)c(O)c1F. The van der Waals surface area contributed by atoms with Crippen molar-refractivity contribution in [3.8, 4) is 5.75 Å². The van der Waals surface area contributed by atoms with Gasteiger partial charge < -0.3 is 5.11 Å². The molecule has 0 aromatic heterocycles. The topological polar surface area (TPSA) is 20.2 Å². The van der Waals surface area contributed by atoms with Crippen LogP contribution in [0.2, 0.25) is 0 Å². The van der Waals surface area contributed by atoms with Gasteiger partial charge in [-0.3, -0.25) is 0 Å². The Morgan fingerprint density at radius 2 is 1.52 bits per heavy atom. The number of benzene rings is 1. The predicted octanol–water partition coefficient (Wildman–Crippen LogP) is 5.25. The number of hydrogen-bond donors (Lipinski definition) is 1. The Morgan fingerprint density at radius 3 is 1.91 bits per heavy atom. The summed E-state index contributed by atoms with van der Waals surface area (Å²) in [4.78, 5) is 0. The molecule has 0 radical (unpaired) electrons. The number of phenols is 1. The lowest BCUT2D eigenvalue weighted by Gasteiger charge is -2.23. The number of aromatic hydroxyl groups is 1. The van der Waals surface area contributed by atoms with Gasteiger partial charge in [-0.05, 0) is 25.0 Å². The van der Waals surface area contributed by atoms with Gasteiger partial charge in [0.15, 0.2) is 11.6 Å². The van der Waals surface area contributed by atoms with Crippen LogP contribution in [0, 0.1) is 12.7 Å². The highest BCUT2D eigenvalue weighted by Gasteiger charge is 2.57. The van der Waals surface area contributed by atoms with Gasteiger partial charge in [-0.15, -0.1) is 0 Å². The van der Waals surface area contributed by atoms with Crippen LogP contribution in [-0.2, 0) is 6.42 Å². The van der Waals surface area contributed by atoms with E-state index in [1.165, 1.54) is 0 Å².